The van der Waals surface area contributed by atoms with Gasteiger partial charge in [-0.3, -0.25) is 27.6 Å². The molecule has 2 N–H and O–H groups in total. The maximum atomic E-state index is 14.0. The Balaban J connectivity index is 0.00000251. The Hall–Kier alpha value is -3.53. The molecule has 0 radical (unpaired) electrons. The number of phosphoric ester groups is 1. The first-order valence-electron chi connectivity index (χ1n) is 21.5. The summed E-state index contributed by atoms with van der Waals surface area (Å²) >= 11 is 0. The van der Waals surface area contributed by atoms with Crippen molar-refractivity contribution in [3.05, 3.63) is 36.8 Å². The second kappa shape index (κ2) is 26.1. The first kappa shape index (κ1) is 60.6. The number of alkyl halides is 3. The molecule has 0 amide bonds. The van der Waals surface area contributed by atoms with Crippen molar-refractivity contribution in [2.75, 3.05) is 19.9 Å². The summed E-state index contributed by atoms with van der Waals surface area (Å²) in [5.74, 6) is -3.11. The van der Waals surface area contributed by atoms with Crippen LogP contribution in [0, 0.1) is 0 Å². The molecule has 0 saturated heterocycles. The maximum Gasteiger partial charge on any atom is 0.475 e. The van der Waals surface area contributed by atoms with E-state index in [0.29, 0.717) is 0 Å². The zero-order valence-electron chi connectivity index (χ0n) is 41.5. The monoisotopic (exact) mass is 1030 g/mol. The van der Waals surface area contributed by atoms with Crippen LogP contribution >= 0.6 is 24.8 Å². The number of hydrogen-bond acceptors (Lipinski definition) is 18. The standard InChI is InChI=1S/C38H57F3N8O11P2.C2H6.CH5O2P/c1-34(2,3)57-61(58-35(4,5)6)55-20-13-16-28(51)54-25-49-31(45-32(46-49)38(39,40)41)29-30(48-19-15-18-42-33(48)44-29)26-22-47(23-43-26)24-53-27(50)17-14-21-56-62(52,59-36(7,8)9)60-37(10,11)12;1-2;1-4(2)3/h15,18-19,22-23H,13-14,16-17,20-21,24-25H2,1-12H3;1-2H3;2-3H,1H3. The van der Waals surface area contributed by atoms with Gasteiger partial charge in [-0.1, -0.05) is 13.8 Å². The lowest BCUT2D eigenvalue weighted by Crippen LogP contribution is -2.25. The number of hydrogen-bond donors (Lipinski definition) is 2. The number of fused-ring (bicyclic) bond motifs is 1. The first-order chi connectivity index (χ1) is 31.2. The smallest absolute Gasteiger partial charge is 0.444 e. The summed E-state index contributed by atoms with van der Waals surface area (Å²) in [5, 5.41) is 3.61. The van der Waals surface area contributed by atoms with E-state index < -0.39 is 77.9 Å². The second-order valence-electron chi connectivity index (χ2n) is 18.3. The van der Waals surface area contributed by atoms with Gasteiger partial charge >= 0.3 is 34.5 Å². The molecule has 4 rings (SSSR count). The van der Waals surface area contributed by atoms with Gasteiger partial charge < -0.3 is 37.4 Å². The van der Waals surface area contributed by atoms with Crippen molar-refractivity contribution in [1.82, 2.24) is 38.7 Å². The number of halogens is 3. The molecule has 0 spiro atoms. The average molecular weight is 1030 g/mol. The molecule has 0 unspecified atom stereocenters. The fourth-order valence-corrected chi connectivity index (χ4v) is 8.15. The van der Waals surface area contributed by atoms with E-state index in [-0.39, 0.29) is 74.3 Å². The Labute approximate surface area is 398 Å². The number of phosphoric acid groups is 1. The van der Waals surface area contributed by atoms with Gasteiger partial charge in [-0.25, -0.2) is 29.2 Å². The number of imidazole rings is 2. The van der Waals surface area contributed by atoms with Crippen molar-refractivity contribution in [2.45, 2.75) is 165 Å². The Morgan fingerprint density at radius 1 is 0.779 bits per heavy atom. The molecule has 4 aromatic rings. The van der Waals surface area contributed by atoms with Crippen LogP contribution in [0.5, 0.6) is 0 Å². The third kappa shape index (κ3) is 22.9. The Kier molecular flexibility index (Phi) is 23.2. The van der Waals surface area contributed by atoms with Gasteiger partial charge in [0.15, 0.2) is 27.7 Å². The molecule has 0 saturated carbocycles. The molecular weight excluding hydrogens is 962 g/mol. The second-order valence-corrected chi connectivity index (χ2v) is 21.8. The van der Waals surface area contributed by atoms with Crippen LogP contribution < -0.4 is 0 Å². The van der Waals surface area contributed by atoms with Crippen molar-refractivity contribution in [1.29, 1.82) is 0 Å². The van der Waals surface area contributed by atoms with E-state index in [9.17, 15) is 27.3 Å². The Bertz CT molecular complexity index is 2190. The highest BCUT2D eigenvalue weighted by Crippen LogP contribution is 2.55. The van der Waals surface area contributed by atoms with Crippen LogP contribution in [0.2, 0.25) is 0 Å². The van der Waals surface area contributed by atoms with Gasteiger partial charge in [0.05, 0.1) is 41.9 Å². The number of aromatic nitrogens is 8. The van der Waals surface area contributed by atoms with E-state index in [0.717, 1.165) is 4.68 Å². The molecule has 0 aliphatic heterocycles. The lowest BCUT2D eigenvalue weighted by Gasteiger charge is -2.30. The quantitative estimate of drug-likeness (QED) is 0.0475. The van der Waals surface area contributed by atoms with Crippen molar-refractivity contribution in [3.8, 4) is 22.9 Å². The Morgan fingerprint density at radius 3 is 1.82 bits per heavy atom. The lowest BCUT2D eigenvalue weighted by atomic mass is 10.2. The first-order valence-corrected chi connectivity index (χ1v) is 25.8. The third-order valence-corrected chi connectivity index (χ3v) is 10.9. The highest BCUT2D eigenvalue weighted by Gasteiger charge is 2.39. The number of rotatable bonds is 20. The summed E-state index contributed by atoms with van der Waals surface area (Å²) in [6, 6.07) is 1.58. The van der Waals surface area contributed by atoms with Crippen LogP contribution in [-0.2, 0) is 70.4 Å². The molecule has 0 fully saturated rings. The molecule has 4 heterocycles. The van der Waals surface area contributed by atoms with Gasteiger partial charge in [-0.2, -0.15) is 13.2 Å². The van der Waals surface area contributed by atoms with E-state index in [1.807, 2.05) is 55.4 Å². The van der Waals surface area contributed by atoms with E-state index in [2.05, 4.69) is 25.0 Å². The van der Waals surface area contributed by atoms with E-state index in [4.69, 9.17) is 46.4 Å². The lowest BCUT2D eigenvalue weighted by molar-refractivity contribution is -0.149. The normalized spacial score (nSPS) is 12.8. The van der Waals surface area contributed by atoms with Gasteiger partial charge in [0.25, 0.3) is 5.82 Å². The van der Waals surface area contributed by atoms with Gasteiger partial charge in [0, 0.05) is 38.1 Å². The zero-order chi connectivity index (χ0) is 51.9. The molecule has 4 aromatic heterocycles. The van der Waals surface area contributed by atoms with Crippen molar-refractivity contribution in [2.24, 2.45) is 0 Å². The van der Waals surface area contributed by atoms with Crippen molar-refractivity contribution in [3.63, 3.8) is 0 Å². The van der Waals surface area contributed by atoms with Crippen LogP contribution in [0.25, 0.3) is 28.7 Å². The molecule has 21 nitrogen and oxygen atoms in total. The number of ether oxygens (including phenoxy) is 2. The molecule has 0 atom stereocenters. The predicted molar refractivity (Wildman–Crippen MR) is 247 cm³/mol. The van der Waals surface area contributed by atoms with Crippen molar-refractivity contribution >= 4 is 42.5 Å². The fraction of sp³-hybridized carbons (Fsp3) is 0.683. The topological polar surface area (TPSA) is 244 Å². The Morgan fingerprint density at radius 2 is 1.31 bits per heavy atom. The summed E-state index contributed by atoms with van der Waals surface area (Å²) < 4.78 is 104. The van der Waals surface area contributed by atoms with Crippen molar-refractivity contribution < 1.29 is 73.7 Å². The molecule has 0 aliphatic rings. The molecule has 68 heavy (non-hydrogen) atoms. The molecule has 386 valence electrons. The average Bonchev–Trinajstić information content (AvgIpc) is 3.91. The molecular formula is C41H68F3N8O13P3. The minimum Gasteiger partial charge on any atom is -0.444 e. The third-order valence-electron chi connectivity index (χ3n) is 7.10. The molecule has 0 aliphatic carbocycles. The van der Waals surface area contributed by atoms with Gasteiger partial charge in [0.2, 0.25) is 5.78 Å². The highest BCUT2D eigenvalue weighted by molar-refractivity contribution is 7.48. The fourth-order valence-electron chi connectivity index (χ4n) is 5.00. The number of carbonyl (C=O) groups is 2. The minimum absolute atomic E-state index is 0.0870. The van der Waals surface area contributed by atoms with Crippen LogP contribution in [0.4, 0.5) is 13.2 Å². The summed E-state index contributed by atoms with van der Waals surface area (Å²) in [6.45, 7) is 25.7. The zero-order valence-corrected chi connectivity index (χ0v) is 44.2. The van der Waals surface area contributed by atoms with Gasteiger partial charge in [0.1, 0.15) is 17.1 Å². The summed E-state index contributed by atoms with van der Waals surface area (Å²) in [4.78, 5) is 57.6. The maximum absolute atomic E-state index is 14.0. The van der Waals surface area contributed by atoms with Crippen LogP contribution in [0.1, 0.15) is 128 Å². The highest BCUT2D eigenvalue weighted by atomic mass is 31.2. The summed E-state index contributed by atoms with van der Waals surface area (Å²) in [5.41, 5.74) is -2.48. The van der Waals surface area contributed by atoms with Gasteiger partial charge in [-0.05, 0) is 102 Å². The van der Waals surface area contributed by atoms with E-state index >= 15 is 0 Å². The molecule has 27 heteroatoms. The van der Waals surface area contributed by atoms with Crippen LogP contribution in [-0.4, -0.2) is 103 Å². The minimum atomic E-state index is -4.96. The predicted octanol–water partition coefficient (Wildman–Crippen LogP) is 10.00. The van der Waals surface area contributed by atoms with Crippen LogP contribution in [0.15, 0.2) is 31.0 Å². The number of carbonyl (C=O) groups excluding carboxylic acids is 2. The summed E-state index contributed by atoms with van der Waals surface area (Å²) in [7, 11) is -7.32. The number of esters is 2. The van der Waals surface area contributed by atoms with Crippen LogP contribution in [0.3, 0.4) is 0 Å². The van der Waals surface area contributed by atoms with Gasteiger partial charge in [-0.15, -0.1) is 5.10 Å². The number of nitrogens with zero attached hydrogens (tertiary/aromatic N) is 8. The molecule has 0 bridgehead atoms. The van der Waals surface area contributed by atoms with E-state index in [1.165, 1.54) is 34.4 Å². The largest absolute Gasteiger partial charge is 0.475 e. The molecule has 0 aromatic carbocycles. The van der Waals surface area contributed by atoms with E-state index in [1.54, 1.807) is 53.8 Å². The SMILES string of the molecule is CC.CC(C)(C)OP(OCCCC(=O)OCn1nc(C(F)(F)F)nc1-c1nc2ncccn2c1-c1cn(COC(=O)CCCOP(=O)(OC(C)(C)C)OC(C)(C)C)cn1)OC(C)(C)C.CP(O)O. The summed E-state index contributed by atoms with van der Waals surface area (Å²) in [6.07, 6.45) is 1.01.